The van der Waals surface area contributed by atoms with Gasteiger partial charge in [-0.1, -0.05) is 59.7 Å². The number of hydrogen-bond acceptors (Lipinski definition) is 5. The van der Waals surface area contributed by atoms with Gasteiger partial charge in [-0.15, -0.1) is 0 Å². The fourth-order valence-electron chi connectivity index (χ4n) is 4.41. The van der Waals surface area contributed by atoms with Gasteiger partial charge in [0.15, 0.2) is 11.5 Å². The molecule has 0 atom stereocenters. The highest BCUT2D eigenvalue weighted by atomic mass is 16.2. The van der Waals surface area contributed by atoms with Gasteiger partial charge in [0.05, 0.1) is 6.54 Å². The molecule has 0 aliphatic carbocycles. The summed E-state index contributed by atoms with van der Waals surface area (Å²) in [6, 6.07) is 19.9. The van der Waals surface area contributed by atoms with Crippen molar-refractivity contribution in [3.8, 4) is 0 Å². The zero-order chi connectivity index (χ0) is 25.1. The van der Waals surface area contributed by atoms with Crippen molar-refractivity contribution < 1.29 is 4.79 Å². The van der Waals surface area contributed by atoms with Crippen LogP contribution in [-0.2, 0) is 13.1 Å². The number of nitrogens with one attached hydrogen (secondary N) is 1. The van der Waals surface area contributed by atoms with Crippen molar-refractivity contribution in [1.29, 1.82) is 0 Å². The monoisotopic (exact) mass is 482 g/mol. The number of carbonyl (C=O) groups is 1. The number of aromatic nitrogens is 3. The first-order chi connectivity index (χ1) is 17.5. The summed E-state index contributed by atoms with van der Waals surface area (Å²) in [6.45, 7) is 7.10. The van der Waals surface area contributed by atoms with Crippen LogP contribution in [0.25, 0.3) is 11.2 Å². The van der Waals surface area contributed by atoms with Crippen molar-refractivity contribution in [2.75, 3.05) is 31.1 Å². The smallest absolute Gasteiger partial charge is 0.317 e. The molecule has 0 saturated carbocycles. The molecule has 8 nitrogen and oxygen atoms in total. The maximum absolute atomic E-state index is 13.6. The second kappa shape index (κ2) is 10.2. The topological polar surface area (TPSA) is 83.4 Å². The van der Waals surface area contributed by atoms with Gasteiger partial charge in [-0.2, -0.15) is 0 Å². The molecule has 1 aliphatic heterocycles. The minimum absolute atomic E-state index is 0.0947. The van der Waals surface area contributed by atoms with Crippen LogP contribution in [0.2, 0.25) is 0 Å². The predicted molar refractivity (Wildman–Crippen MR) is 141 cm³/mol. The van der Waals surface area contributed by atoms with E-state index in [2.05, 4.69) is 15.3 Å². The molecule has 2 amide bonds. The molecule has 0 spiro atoms. The molecule has 0 bridgehead atoms. The molecule has 4 aromatic rings. The Morgan fingerprint density at radius 1 is 0.889 bits per heavy atom. The summed E-state index contributed by atoms with van der Waals surface area (Å²) in [5, 5.41) is 3.00. The molecular formula is C28H30N6O2. The molecule has 0 unspecified atom stereocenters. The van der Waals surface area contributed by atoms with E-state index < -0.39 is 0 Å². The Morgan fingerprint density at radius 2 is 1.53 bits per heavy atom. The lowest BCUT2D eigenvalue weighted by Gasteiger charge is -2.35. The van der Waals surface area contributed by atoms with Gasteiger partial charge >= 0.3 is 6.03 Å². The highest BCUT2D eigenvalue weighted by Crippen LogP contribution is 2.16. The van der Waals surface area contributed by atoms with Gasteiger partial charge in [0, 0.05) is 38.9 Å². The van der Waals surface area contributed by atoms with E-state index in [1.54, 1.807) is 15.7 Å². The van der Waals surface area contributed by atoms with Gasteiger partial charge in [-0.25, -0.2) is 14.8 Å². The third kappa shape index (κ3) is 5.07. The molecule has 8 heteroatoms. The number of piperazine rings is 1. The zero-order valence-electron chi connectivity index (χ0n) is 20.6. The number of amides is 2. The number of aryl methyl sites for hydroxylation is 2. The fourth-order valence-corrected chi connectivity index (χ4v) is 4.41. The van der Waals surface area contributed by atoms with E-state index in [0.29, 0.717) is 56.3 Å². The average Bonchev–Trinajstić information content (AvgIpc) is 2.91. The minimum Gasteiger partial charge on any atom is -0.348 e. The maximum Gasteiger partial charge on any atom is 0.317 e. The number of nitrogens with zero attached hydrogens (tertiary/aromatic N) is 5. The number of hydrogen-bond donors (Lipinski definition) is 1. The Hall–Kier alpha value is -4.20. The summed E-state index contributed by atoms with van der Waals surface area (Å²) in [4.78, 5) is 39.2. The minimum atomic E-state index is -0.168. The molecule has 1 fully saturated rings. The molecule has 1 aliphatic rings. The molecular weight excluding hydrogens is 452 g/mol. The normalized spacial score (nSPS) is 13.7. The van der Waals surface area contributed by atoms with E-state index in [-0.39, 0.29) is 11.6 Å². The molecule has 184 valence electrons. The van der Waals surface area contributed by atoms with E-state index in [4.69, 9.17) is 0 Å². The van der Waals surface area contributed by atoms with Crippen LogP contribution in [0.5, 0.6) is 0 Å². The number of anilines is 1. The number of carbonyl (C=O) groups excluding carboxylic acids is 1. The van der Waals surface area contributed by atoms with Crippen LogP contribution in [0.3, 0.4) is 0 Å². The summed E-state index contributed by atoms with van der Waals surface area (Å²) >= 11 is 0. The van der Waals surface area contributed by atoms with Crippen molar-refractivity contribution in [2.24, 2.45) is 0 Å². The quantitative estimate of drug-likeness (QED) is 0.471. The van der Waals surface area contributed by atoms with Crippen molar-refractivity contribution in [2.45, 2.75) is 26.9 Å². The van der Waals surface area contributed by atoms with Gasteiger partial charge in [0.2, 0.25) is 0 Å². The van der Waals surface area contributed by atoms with Gasteiger partial charge < -0.3 is 15.1 Å². The number of fused-ring (bicyclic) bond motifs is 1. The highest BCUT2D eigenvalue weighted by molar-refractivity contribution is 5.75. The Balaban J connectivity index is 1.31. The Morgan fingerprint density at radius 3 is 2.19 bits per heavy atom. The van der Waals surface area contributed by atoms with Crippen LogP contribution in [-0.4, -0.2) is 51.6 Å². The van der Waals surface area contributed by atoms with Crippen molar-refractivity contribution in [3.05, 3.63) is 99.5 Å². The maximum atomic E-state index is 13.6. The largest absolute Gasteiger partial charge is 0.348 e. The number of rotatable bonds is 5. The molecule has 0 radical (unpaired) electrons. The van der Waals surface area contributed by atoms with Crippen molar-refractivity contribution in [1.82, 2.24) is 24.8 Å². The van der Waals surface area contributed by atoms with E-state index in [0.717, 1.165) is 11.1 Å². The first-order valence-corrected chi connectivity index (χ1v) is 12.2. The van der Waals surface area contributed by atoms with Gasteiger partial charge in [-0.3, -0.25) is 9.36 Å². The number of pyridine rings is 1. The summed E-state index contributed by atoms with van der Waals surface area (Å²) in [5.41, 5.74) is 5.54. The van der Waals surface area contributed by atoms with Gasteiger partial charge in [0.1, 0.15) is 5.52 Å². The molecule has 3 heterocycles. The van der Waals surface area contributed by atoms with Crippen LogP contribution in [0.4, 0.5) is 10.6 Å². The van der Waals surface area contributed by atoms with Crippen LogP contribution in [0.1, 0.15) is 22.3 Å². The summed E-state index contributed by atoms with van der Waals surface area (Å²) < 4.78 is 1.70. The van der Waals surface area contributed by atoms with Crippen LogP contribution < -0.4 is 15.8 Å². The molecule has 1 saturated heterocycles. The van der Waals surface area contributed by atoms with Crippen LogP contribution in [0, 0.1) is 13.8 Å². The van der Waals surface area contributed by atoms with E-state index >= 15 is 0 Å². The highest BCUT2D eigenvalue weighted by Gasteiger charge is 2.25. The Kier molecular flexibility index (Phi) is 6.66. The Bertz CT molecular complexity index is 1420. The Labute approximate surface area is 210 Å². The standard InChI is InChI=1S/C28H30N6O2/c1-20-5-9-22(10-6-20)18-30-28(36)33-16-14-32(15-17-33)26-27(35)34(19-23-11-7-21(2)8-12-23)25-24(31-26)4-3-13-29-25/h3-13H,14-19H2,1-2H3,(H,30,36). The second-order valence-corrected chi connectivity index (χ2v) is 9.28. The molecule has 2 aromatic carbocycles. The molecule has 36 heavy (non-hydrogen) atoms. The van der Waals surface area contributed by atoms with Gasteiger partial charge in [-0.05, 0) is 37.1 Å². The lowest BCUT2D eigenvalue weighted by Crippen LogP contribution is -2.53. The predicted octanol–water partition coefficient (Wildman–Crippen LogP) is 3.49. The van der Waals surface area contributed by atoms with Crippen molar-refractivity contribution in [3.63, 3.8) is 0 Å². The van der Waals surface area contributed by atoms with E-state index in [1.807, 2.05) is 79.4 Å². The third-order valence-electron chi connectivity index (χ3n) is 6.58. The molecule has 5 rings (SSSR count). The second-order valence-electron chi connectivity index (χ2n) is 9.28. The zero-order valence-corrected chi connectivity index (χ0v) is 20.6. The lowest BCUT2D eigenvalue weighted by atomic mass is 10.1. The fraction of sp³-hybridized carbons (Fsp3) is 0.286. The first kappa shape index (κ1) is 23.5. The summed E-state index contributed by atoms with van der Waals surface area (Å²) in [5.74, 6) is 0.405. The average molecular weight is 483 g/mol. The summed E-state index contributed by atoms with van der Waals surface area (Å²) in [6.07, 6.45) is 1.68. The van der Waals surface area contributed by atoms with Gasteiger partial charge in [0.25, 0.3) is 5.56 Å². The third-order valence-corrected chi connectivity index (χ3v) is 6.58. The van der Waals surface area contributed by atoms with Crippen LogP contribution >= 0.6 is 0 Å². The SMILES string of the molecule is Cc1ccc(CNC(=O)N2CCN(c3nc4cccnc4n(Cc4ccc(C)cc4)c3=O)CC2)cc1. The molecule has 1 N–H and O–H groups in total. The summed E-state index contributed by atoms with van der Waals surface area (Å²) in [7, 11) is 0. The number of urea groups is 1. The van der Waals surface area contributed by atoms with E-state index in [1.165, 1.54) is 11.1 Å². The number of benzene rings is 2. The van der Waals surface area contributed by atoms with E-state index in [9.17, 15) is 9.59 Å². The van der Waals surface area contributed by atoms with Crippen LogP contribution in [0.15, 0.2) is 71.7 Å². The lowest BCUT2D eigenvalue weighted by molar-refractivity contribution is 0.193. The van der Waals surface area contributed by atoms with Crippen molar-refractivity contribution >= 4 is 23.0 Å². The molecule has 2 aromatic heterocycles. The first-order valence-electron chi connectivity index (χ1n) is 12.2.